The second kappa shape index (κ2) is 7.07. The highest BCUT2D eigenvalue weighted by Gasteiger charge is 2.33. The number of aliphatic carboxylic acids is 1. The van der Waals surface area contributed by atoms with Crippen molar-refractivity contribution in [1.82, 2.24) is 10.2 Å². The summed E-state index contributed by atoms with van der Waals surface area (Å²) in [7, 11) is 0. The van der Waals surface area contributed by atoms with E-state index in [0.717, 1.165) is 0 Å². The minimum atomic E-state index is -4.50. The molecule has 0 rings (SSSR count). The average molecular weight is 270 g/mol. The van der Waals surface area contributed by atoms with E-state index in [1.54, 1.807) is 6.92 Å². The fraction of sp³-hybridized carbons (Fsp3) is 0.800. The summed E-state index contributed by atoms with van der Waals surface area (Å²) in [6.45, 7) is 1.68. The molecular formula is C10H17F3N2O3. The molecule has 0 spiro atoms. The van der Waals surface area contributed by atoms with Gasteiger partial charge in [0.05, 0.1) is 0 Å². The zero-order valence-electron chi connectivity index (χ0n) is 10.3. The molecule has 0 unspecified atom stereocenters. The molecular weight excluding hydrogens is 253 g/mol. The van der Waals surface area contributed by atoms with E-state index < -0.39 is 30.8 Å². The summed E-state index contributed by atoms with van der Waals surface area (Å²) in [4.78, 5) is 22.8. The van der Waals surface area contributed by atoms with Gasteiger partial charge < -0.3 is 15.3 Å². The van der Waals surface area contributed by atoms with E-state index in [2.05, 4.69) is 5.32 Å². The molecule has 2 N–H and O–H groups in total. The molecule has 1 atom stereocenters. The van der Waals surface area contributed by atoms with Crippen LogP contribution in [0.2, 0.25) is 0 Å². The summed E-state index contributed by atoms with van der Waals surface area (Å²) < 4.78 is 36.7. The van der Waals surface area contributed by atoms with Crippen LogP contribution in [-0.4, -0.2) is 47.3 Å². The Labute approximate surface area is 103 Å². The maximum absolute atomic E-state index is 12.2. The van der Waals surface area contributed by atoms with Gasteiger partial charge in [-0.2, -0.15) is 13.2 Å². The predicted octanol–water partition coefficient (Wildman–Crippen LogP) is 1.83. The van der Waals surface area contributed by atoms with Crippen LogP contribution in [0.15, 0.2) is 0 Å². The molecule has 0 aromatic heterocycles. The number of urea groups is 1. The molecule has 0 aliphatic heterocycles. The molecule has 0 saturated carbocycles. The van der Waals surface area contributed by atoms with Gasteiger partial charge in [-0.15, -0.1) is 0 Å². The summed E-state index contributed by atoms with van der Waals surface area (Å²) >= 11 is 0. The Balaban J connectivity index is 4.61. The number of carbonyl (C=O) groups excluding carboxylic acids is 1. The number of nitrogens with zero attached hydrogens (tertiary/aromatic N) is 1. The summed E-state index contributed by atoms with van der Waals surface area (Å²) in [6.07, 6.45) is -4.04. The van der Waals surface area contributed by atoms with Crippen molar-refractivity contribution >= 4 is 12.0 Å². The third kappa shape index (κ3) is 6.31. The Morgan fingerprint density at radius 3 is 2.22 bits per heavy atom. The minimum Gasteiger partial charge on any atom is -0.480 e. The summed E-state index contributed by atoms with van der Waals surface area (Å²) in [6, 6.07) is -2.19. The van der Waals surface area contributed by atoms with Gasteiger partial charge in [0.25, 0.3) is 0 Å². The second-order valence-electron chi connectivity index (χ2n) is 3.79. The van der Waals surface area contributed by atoms with Gasteiger partial charge in [-0.05, 0) is 12.8 Å². The Morgan fingerprint density at radius 2 is 1.89 bits per heavy atom. The van der Waals surface area contributed by atoms with E-state index in [-0.39, 0.29) is 13.0 Å². The van der Waals surface area contributed by atoms with Crippen LogP contribution in [-0.2, 0) is 4.79 Å². The Morgan fingerprint density at radius 1 is 1.33 bits per heavy atom. The largest absolute Gasteiger partial charge is 0.480 e. The Kier molecular flexibility index (Phi) is 6.50. The van der Waals surface area contributed by atoms with Gasteiger partial charge >= 0.3 is 18.2 Å². The SMILES string of the molecule is CCCN(CC(F)(F)F)C(=O)N[C@H](CC)C(=O)O. The highest BCUT2D eigenvalue weighted by Crippen LogP contribution is 2.16. The lowest BCUT2D eigenvalue weighted by Gasteiger charge is -2.25. The summed E-state index contributed by atoms with van der Waals surface area (Å²) in [5.41, 5.74) is 0. The van der Waals surface area contributed by atoms with Gasteiger partial charge in [0, 0.05) is 6.54 Å². The van der Waals surface area contributed by atoms with E-state index in [0.29, 0.717) is 11.3 Å². The molecule has 8 heteroatoms. The second-order valence-corrected chi connectivity index (χ2v) is 3.79. The monoisotopic (exact) mass is 270 g/mol. The smallest absolute Gasteiger partial charge is 0.406 e. The van der Waals surface area contributed by atoms with Crippen LogP contribution in [0, 0.1) is 0 Å². The first kappa shape index (κ1) is 16.5. The zero-order chi connectivity index (χ0) is 14.3. The topological polar surface area (TPSA) is 69.6 Å². The summed E-state index contributed by atoms with van der Waals surface area (Å²) in [5.74, 6) is -1.27. The zero-order valence-corrected chi connectivity index (χ0v) is 10.3. The molecule has 0 heterocycles. The van der Waals surface area contributed by atoms with E-state index in [1.165, 1.54) is 6.92 Å². The molecule has 0 radical (unpaired) electrons. The third-order valence-corrected chi connectivity index (χ3v) is 2.15. The molecule has 106 valence electrons. The number of alkyl halides is 3. The van der Waals surface area contributed by atoms with Gasteiger partial charge in [-0.1, -0.05) is 13.8 Å². The quantitative estimate of drug-likeness (QED) is 0.773. The lowest BCUT2D eigenvalue weighted by Crippen LogP contribution is -2.50. The molecule has 0 aromatic rings. The van der Waals surface area contributed by atoms with E-state index >= 15 is 0 Å². The van der Waals surface area contributed by atoms with Crippen molar-refractivity contribution in [3.05, 3.63) is 0 Å². The van der Waals surface area contributed by atoms with Gasteiger partial charge in [-0.25, -0.2) is 9.59 Å². The number of carbonyl (C=O) groups is 2. The number of halogens is 3. The molecule has 0 aromatic carbocycles. The number of carboxylic acids is 1. The standard InChI is InChI=1S/C10H17F3N2O3/c1-3-5-15(6-10(11,12)13)9(18)14-7(4-2)8(16)17/h7H,3-6H2,1-2H3,(H,14,18)(H,16,17)/t7-/m1/s1. The van der Waals surface area contributed by atoms with Crippen LogP contribution < -0.4 is 5.32 Å². The van der Waals surface area contributed by atoms with Crippen molar-refractivity contribution in [2.45, 2.75) is 38.9 Å². The van der Waals surface area contributed by atoms with Crippen molar-refractivity contribution < 1.29 is 27.9 Å². The number of hydrogen-bond donors (Lipinski definition) is 2. The minimum absolute atomic E-state index is 0.0819. The van der Waals surface area contributed by atoms with Crippen LogP contribution in [0.5, 0.6) is 0 Å². The molecule has 2 amide bonds. The lowest BCUT2D eigenvalue weighted by atomic mass is 10.2. The van der Waals surface area contributed by atoms with Crippen LogP contribution in [0.4, 0.5) is 18.0 Å². The maximum Gasteiger partial charge on any atom is 0.406 e. The average Bonchev–Trinajstić information content (AvgIpc) is 2.22. The maximum atomic E-state index is 12.2. The first-order valence-electron chi connectivity index (χ1n) is 5.56. The van der Waals surface area contributed by atoms with Crippen LogP contribution >= 0.6 is 0 Å². The number of amides is 2. The summed E-state index contributed by atoms with van der Waals surface area (Å²) in [5, 5.41) is 10.8. The van der Waals surface area contributed by atoms with Crippen molar-refractivity contribution in [1.29, 1.82) is 0 Å². The number of rotatable bonds is 6. The predicted molar refractivity (Wildman–Crippen MR) is 58.2 cm³/mol. The van der Waals surface area contributed by atoms with E-state index in [9.17, 15) is 22.8 Å². The number of hydrogen-bond acceptors (Lipinski definition) is 2. The van der Waals surface area contributed by atoms with Crippen LogP contribution in [0.3, 0.4) is 0 Å². The molecule has 0 aliphatic rings. The molecule has 5 nitrogen and oxygen atoms in total. The van der Waals surface area contributed by atoms with Crippen molar-refractivity contribution in [3.8, 4) is 0 Å². The molecule has 0 saturated heterocycles. The van der Waals surface area contributed by atoms with Gasteiger partial charge in [0.15, 0.2) is 0 Å². The molecule has 0 fully saturated rings. The van der Waals surface area contributed by atoms with Gasteiger partial charge in [0.2, 0.25) is 0 Å². The van der Waals surface area contributed by atoms with Crippen LogP contribution in [0.25, 0.3) is 0 Å². The van der Waals surface area contributed by atoms with E-state index in [4.69, 9.17) is 5.11 Å². The van der Waals surface area contributed by atoms with Crippen molar-refractivity contribution in [2.75, 3.05) is 13.1 Å². The molecule has 0 aliphatic carbocycles. The number of nitrogens with one attached hydrogen (secondary N) is 1. The van der Waals surface area contributed by atoms with Gasteiger partial charge in [-0.3, -0.25) is 0 Å². The third-order valence-electron chi connectivity index (χ3n) is 2.15. The Bertz CT molecular complexity index is 295. The molecule has 18 heavy (non-hydrogen) atoms. The van der Waals surface area contributed by atoms with Gasteiger partial charge in [0.1, 0.15) is 12.6 Å². The fourth-order valence-electron chi connectivity index (χ4n) is 1.32. The fourth-order valence-corrected chi connectivity index (χ4v) is 1.32. The number of carboxylic acid groups (broad SMARTS) is 1. The first-order chi connectivity index (χ1) is 8.21. The normalized spacial score (nSPS) is 12.9. The highest BCUT2D eigenvalue weighted by atomic mass is 19.4. The first-order valence-corrected chi connectivity index (χ1v) is 5.56. The highest BCUT2D eigenvalue weighted by molar-refractivity contribution is 5.82. The van der Waals surface area contributed by atoms with Crippen molar-refractivity contribution in [3.63, 3.8) is 0 Å². The van der Waals surface area contributed by atoms with Crippen LogP contribution in [0.1, 0.15) is 26.7 Å². The lowest BCUT2D eigenvalue weighted by molar-refractivity contribution is -0.141. The Hall–Kier alpha value is -1.47. The molecule has 0 bridgehead atoms. The van der Waals surface area contributed by atoms with E-state index in [1.807, 2.05) is 0 Å². The van der Waals surface area contributed by atoms with Crippen molar-refractivity contribution in [2.24, 2.45) is 0 Å².